The SMILES string of the molecule is COCCOCOc1cc2c(c(F)c1N1CC(=O)NS1(=O)=O)CC(CNC(=O)OC(C)(C)C)C2. The Morgan fingerprint density at radius 2 is 2.03 bits per heavy atom. The number of nitrogens with zero attached hydrogens (tertiary/aromatic N) is 1. The molecular formula is C21H30FN3O8S. The second kappa shape index (κ2) is 10.3. The van der Waals surface area contributed by atoms with Crippen LogP contribution in [0.2, 0.25) is 0 Å². The number of hydrogen-bond acceptors (Lipinski definition) is 8. The lowest BCUT2D eigenvalue weighted by atomic mass is 10.1. The second-order valence-electron chi connectivity index (χ2n) is 9.03. The number of rotatable bonds is 9. The van der Waals surface area contributed by atoms with Gasteiger partial charge in [0, 0.05) is 13.7 Å². The van der Waals surface area contributed by atoms with Gasteiger partial charge in [-0.15, -0.1) is 0 Å². The Balaban J connectivity index is 1.81. The quantitative estimate of drug-likeness (QED) is 0.380. The molecule has 2 aliphatic rings. The Bertz CT molecular complexity index is 1040. The molecular weight excluding hydrogens is 473 g/mol. The van der Waals surface area contributed by atoms with Crippen LogP contribution in [0.5, 0.6) is 5.75 Å². The van der Waals surface area contributed by atoms with Gasteiger partial charge >= 0.3 is 16.3 Å². The normalized spacial score (nSPS) is 19.0. The zero-order valence-electron chi connectivity index (χ0n) is 19.6. The van der Waals surface area contributed by atoms with Gasteiger partial charge < -0.3 is 24.3 Å². The Kier molecular flexibility index (Phi) is 7.88. The van der Waals surface area contributed by atoms with E-state index < -0.39 is 40.2 Å². The molecule has 1 unspecified atom stereocenters. The van der Waals surface area contributed by atoms with Crippen molar-refractivity contribution in [1.29, 1.82) is 0 Å². The molecule has 11 nitrogen and oxygen atoms in total. The van der Waals surface area contributed by atoms with Crippen LogP contribution in [-0.2, 0) is 42.1 Å². The first-order valence-electron chi connectivity index (χ1n) is 10.7. The van der Waals surface area contributed by atoms with Gasteiger partial charge in [0.15, 0.2) is 12.6 Å². The van der Waals surface area contributed by atoms with Crippen molar-refractivity contribution in [3.63, 3.8) is 0 Å². The minimum absolute atomic E-state index is 0.0607. The Morgan fingerprint density at radius 3 is 2.65 bits per heavy atom. The minimum Gasteiger partial charge on any atom is -0.465 e. The number of methoxy groups -OCH3 is 1. The number of ether oxygens (including phenoxy) is 4. The van der Waals surface area contributed by atoms with Crippen molar-refractivity contribution in [2.24, 2.45) is 5.92 Å². The predicted octanol–water partition coefficient (Wildman–Crippen LogP) is 1.25. The van der Waals surface area contributed by atoms with Gasteiger partial charge in [0.2, 0.25) is 0 Å². The number of alkyl carbamates (subject to hydrolysis) is 1. The summed E-state index contributed by atoms with van der Waals surface area (Å²) in [4.78, 5) is 23.7. The molecule has 2 amide bonds. The molecule has 0 bridgehead atoms. The van der Waals surface area contributed by atoms with Gasteiger partial charge in [0.05, 0.1) is 13.2 Å². The third kappa shape index (κ3) is 6.27. The summed E-state index contributed by atoms with van der Waals surface area (Å²) in [5.41, 5.74) is -0.0602. The zero-order chi connectivity index (χ0) is 25.1. The number of amides is 2. The van der Waals surface area contributed by atoms with E-state index in [2.05, 4.69) is 5.32 Å². The fourth-order valence-electron chi connectivity index (χ4n) is 3.76. The summed E-state index contributed by atoms with van der Waals surface area (Å²) in [6.07, 6.45) is 0.131. The molecule has 0 aromatic heterocycles. The largest absolute Gasteiger partial charge is 0.465 e. The molecule has 0 radical (unpaired) electrons. The van der Waals surface area contributed by atoms with Crippen molar-refractivity contribution < 1.29 is 41.3 Å². The van der Waals surface area contributed by atoms with E-state index >= 15 is 4.39 Å². The van der Waals surface area contributed by atoms with Crippen molar-refractivity contribution in [1.82, 2.24) is 10.0 Å². The molecule has 0 saturated carbocycles. The highest BCUT2D eigenvalue weighted by molar-refractivity contribution is 7.92. The molecule has 3 rings (SSSR count). The Hall–Kier alpha value is -2.64. The van der Waals surface area contributed by atoms with Crippen molar-refractivity contribution in [3.8, 4) is 5.75 Å². The number of anilines is 1. The summed E-state index contributed by atoms with van der Waals surface area (Å²) in [6, 6.07) is 1.55. The van der Waals surface area contributed by atoms with E-state index in [0.717, 1.165) is 0 Å². The third-order valence-electron chi connectivity index (χ3n) is 5.13. The molecule has 1 aliphatic carbocycles. The molecule has 0 spiro atoms. The number of carbonyl (C=O) groups is 2. The molecule has 1 atom stereocenters. The smallest absolute Gasteiger partial charge is 0.407 e. The number of fused-ring (bicyclic) bond motifs is 1. The van der Waals surface area contributed by atoms with Crippen LogP contribution >= 0.6 is 0 Å². The lowest BCUT2D eigenvalue weighted by Gasteiger charge is -2.21. The highest BCUT2D eigenvalue weighted by Crippen LogP contribution is 2.42. The highest BCUT2D eigenvalue weighted by Gasteiger charge is 2.40. The summed E-state index contributed by atoms with van der Waals surface area (Å²) in [6.45, 7) is 5.21. The van der Waals surface area contributed by atoms with Crippen LogP contribution in [0.15, 0.2) is 6.07 Å². The van der Waals surface area contributed by atoms with E-state index in [9.17, 15) is 18.0 Å². The lowest BCUT2D eigenvalue weighted by molar-refractivity contribution is -0.117. The van der Waals surface area contributed by atoms with Crippen molar-refractivity contribution in [3.05, 3.63) is 23.0 Å². The molecule has 34 heavy (non-hydrogen) atoms. The standard InChI is InChI=1S/C21H30FN3O8S/c1-21(2,3)33-20(27)23-10-13-7-14-9-16(32-12-31-6-5-30-4)19(18(22)15(14)8-13)25-11-17(26)24-34(25,28)29/h9,13H,5-8,10-12H2,1-4H3,(H,23,27)(H,24,26). The highest BCUT2D eigenvalue weighted by atomic mass is 32.2. The average molecular weight is 504 g/mol. The van der Waals surface area contributed by atoms with Crippen LogP contribution < -0.4 is 19.1 Å². The summed E-state index contributed by atoms with van der Waals surface area (Å²) in [7, 11) is -2.76. The first kappa shape index (κ1) is 26.0. The van der Waals surface area contributed by atoms with Gasteiger partial charge in [0.25, 0.3) is 5.91 Å². The van der Waals surface area contributed by atoms with E-state index in [1.54, 1.807) is 26.8 Å². The van der Waals surface area contributed by atoms with Gasteiger partial charge in [0.1, 0.15) is 23.6 Å². The molecule has 1 fully saturated rings. The van der Waals surface area contributed by atoms with Crippen molar-refractivity contribution in [2.45, 2.75) is 39.2 Å². The Morgan fingerprint density at radius 1 is 1.29 bits per heavy atom. The Labute approximate surface area is 198 Å². The van der Waals surface area contributed by atoms with E-state index in [1.165, 1.54) is 7.11 Å². The van der Waals surface area contributed by atoms with Crippen molar-refractivity contribution >= 4 is 27.9 Å². The van der Waals surface area contributed by atoms with E-state index in [4.69, 9.17) is 18.9 Å². The fraction of sp³-hybridized carbons (Fsp3) is 0.619. The maximum atomic E-state index is 15.7. The molecule has 1 aromatic rings. The predicted molar refractivity (Wildman–Crippen MR) is 119 cm³/mol. The second-order valence-corrected chi connectivity index (χ2v) is 10.6. The topological polar surface area (TPSA) is 132 Å². The van der Waals surface area contributed by atoms with Crippen LogP contribution in [0.4, 0.5) is 14.9 Å². The molecule has 2 N–H and O–H groups in total. The summed E-state index contributed by atoms with van der Waals surface area (Å²) >= 11 is 0. The number of hydrogen-bond donors (Lipinski definition) is 2. The first-order chi connectivity index (χ1) is 15.9. The van der Waals surface area contributed by atoms with Crippen molar-refractivity contribution in [2.75, 3.05) is 44.5 Å². The van der Waals surface area contributed by atoms with E-state index in [-0.39, 0.29) is 43.7 Å². The first-order valence-corrected chi connectivity index (χ1v) is 12.2. The van der Waals surface area contributed by atoms with Crippen LogP contribution in [-0.4, -0.2) is 66.2 Å². The maximum absolute atomic E-state index is 15.7. The molecule has 13 heteroatoms. The molecule has 1 aliphatic heterocycles. The van der Waals surface area contributed by atoms with E-state index in [0.29, 0.717) is 28.5 Å². The summed E-state index contributed by atoms with van der Waals surface area (Å²) in [5.74, 6) is -1.76. The number of halogens is 1. The monoisotopic (exact) mass is 503 g/mol. The molecule has 1 saturated heterocycles. The molecule has 190 valence electrons. The summed E-state index contributed by atoms with van der Waals surface area (Å²) in [5, 5.41) is 2.68. The van der Waals surface area contributed by atoms with Gasteiger partial charge in [-0.25, -0.2) is 18.2 Å². The maximum Gasteiger partial charge on any atom is 0.407 e. The number of nitrogens with one attached hydrogen (secondary N) is 2. The van der Waals surface area contributed by atoms with Crippen LogP contribution in [0, 0.1) is 11.7 Å². The minimum atomic E-state index is -4.26. The van der Waals surface area contributed by atoms with Gasteiger partial charge in [-0.3, -0.25) is 4.79 Å². The van der Waals surface area contributed by atoms with Crippen LogP contribution in [0.3, 0.4) is 0 Å². The summed E-state index contributed by atoms with van der Waals surface area (Å²) < 4.78 is 63.9. The van der Waals surface area contributed by atoms with E-state index in [1.807, 2.05) is 4.72 Å². The molecule has 1 aromatic carbocycles. The van der Waals surface area contributed by atoms with Crippen LogP contribution in [0.25, 0.3) is 0 Å². The number of carbonyl (C=O) groups excluding carboxylic acids is 2. The number of benzene rings is 1. The molecule has 1 heterocycles. The van der Waals surface area contributed by atoms with Crippen LogP contribution in [0.1, 0.15) is 31.9 Å². The fourth-order valence-corrected chi connectivity index (χ4v) is 4.92. The lowest BCUT2D eigenvalue weighted by Crippen LogP contribution is -2.35. The third-order valence-corrected chi connectivity index (χ3v) is 6.51. The zero-order valence-corrected chi connectivity index (χ0v) is 20.4. The van der Waals surface area contributed by atoms with Gasteiger partial charge in [-0.05, 0) is 56.7 Å². The van der Waals surface area contributed by atoms with Gasteiger partial charge in [-0.1, -0.05) is 0 Å². The van der Waals surface area contributed by atoms with Gasteiger partial charge in [-0.2, -0.15) is 8.42 Å². The average Bonchev–Trinajstić information content (AvgIpc) is 3.24.